The average Bonchev–Trinajstić information content (AvgIpc) is 3.16. The van der Waals surface area contributed by atoms with Crippen LogP contribution < -0.4 is 9.47 Å². The summed E-state index contributed by atoms with van der Waals surface area (Å²) in [5.74, 6) is -0.0126. The predicted molar refractivity (Wildman–Crippen MR) is 119 cm³/mol. The summed E-state index contributed by atoms with van der Waals surface area (Å²) >= 11 is 3.40. The van der Waals surface area contributed by atoms with Crippen LogP contribution in [0.3, 0.4) is 0 Å². The van der Waals surface area contributed by atoms with Gasteiger partial charge in [-0.05, 0) is 54.6 Å². The fourth-order valence-corrected chi connectivity index (χ4v) is 3.27. The van der Waals surface area contributed by atoms with E-state index in [9.17, 15) is 9.59 Å². The number of benzene rings is 3. The molecule has 154 valence electrons. The summed E-state index contributed by atoms with van der Waals surface area (Å²) in [6, 6.07) is 20.8. The topological polar surface area (TPSA) is 74.2 Å². The SMILES string of the molecule is COc1cccc(C2=N/C(=C\c3cc(Br)ccc3OC(=O)c3ccccc3)C(=O)O2)c1. The first kappa shape index (κ1) is 20.6. The van der Waals surface area contributed by atoms with Crippen molar-refractivity contribution < 1.29 is 23.8 Å². The molecular formula is C24H16BrNO5. The number of hydrogen-bond donors (Lipinski definition) is 0. The molecule has 3 aromatic rings. The normalized spacial score (nSPS) is 14.2. The fraction of sp³-hybridized carbons (Fsp3) is 0.0417. The number of ether oxygens (including phenoxy) is 3. The molecule has 1 heterocycles. The molecule has 0 unspecified atom stereocenters. The Balaban J connectivity index is 1.66. The number of carbonyl (C=O) groups is 2. The summed E-state index contributed by atoms with van der Waals surface area (Å²) in [6.07, 6.45) is 1.52. The van der Waals surface area contributed by atoms with E-state index in [-0.39, 0.29) is 11.6 Å². The first-order valence-corrected chi connectivity index (χ1v) is 10.1. The molecule has 0 N–H and O–H groups in total. The molecule has 0 spiro atoms. The van der Waals surface area contributed by atoms with Crippen LogP contribution in [0.25, 0.3) is 6.08 Å². The number of aliphatic imine (C=N–C) groups is 1. The lowest BCUT2D eigenvalue weighted by atomic mass is 10.1. The van der Waals surface area contributed by atoms with E-state index in [4.69, 9.17) is 14.2 Å². The minimum atomic E-state index is -0.599. The Morgan fingerprint density at radius 2 is 1.84 bits per heavy atom. The molecule has 0 saturated heterocycles. The molecular weight excluding hydrogens is 462 g/mol. The van der Waals surface area contributed by atoms with Crippen LogP contribution in [0.1, 0.15) is 21.5 Å². The lowest BCUT2D eigenvalue weighted by molar-refractivity contribution is -0.129. The van der Waals surface area contributed by atoms with E-state index in [0.717, 1.165) is 4.47 Å². The van der Waals surface area contributed by atoms with Crippen molar-refractivity contribution in [3.8, 4) is 11.5 Å². The van der Waals surface area contributed by atoms with Crippen LogP contribution in [-0.4, -0.2) is 24.9 Å². The van der Waals surface area contributed by atoms with E-state index < -0.39 is 11.9 Å². The van der Waals surface area contributed by atoms with Gasteiger partial charge >= 0.3 is 11.9 Å². The molecule has 0 atom stereocenters. The van der Waals surface area contributed by atoms with Crippen LogP contribution in [0, 0.1) is 0 Å². The molecule has 4 rings (SSSR count). The molecule has 0 radical (unpaired) electrons. The fourth-order valence-electron chi connectivity index (χ4n) is 2.89. The molecule has 0 saturated carbocycles. The van der Waals surface area contributed by atoms with E-state index in [0.29, 0.717) is 28.2 Å². The Morgan fingerprint density at radius 1 is 1.03 bits per heavy atom. The van der Waals surface area contributed by atoms with Crippen molar-refractivity contribution in [1.29, 1.82) is 0 Å². The number of rotatable bonds is 5. The third-order valence-electron chi connectivity index (χ3n) is 4.41. The van der Waals surface area contributed by atoms with Gasteiger partial charge in [0, 0.05) is 15.6 Å². The molecule has 0 aromatic heterocycles. The quantitative estimate of drug-likeness (QED) is 0.293. The highest BCUT2D eigenvalue weighted by Crippen LogP contribution is 2.29. The van der Waals surface area contributed by atoms with Gasteiger partial charge in [0.25, 0.3) is 0 Å². The molecule has 31 heavy (non-hydrogen) atoms. The summed E-state index contributed by atoms with van der Waals surface area (Å²) in [4.78, 5) is 29.2. The zero-order valence-electron chi connectivity index (χ0n) is 16.4. The van der Waals surface area contributed by atoms with E-state index in [1.54, 1.807) is 73.8 Å². The largest absolute Gasteiger partial charge is 0.497 e. The molecule has 1 aliphatic rings. The smallest absolute Gasteiger partial charge is 0.363 e. The van der Waals surface area contributed by atoms with Crippen molar-refractivity contribution in [2.75, 3.05) is 7.11 Å². The van der Waals surface area contributed by atoms with Gasteiger partial charge in [-0.2, -0.15) is 0 Å². The van der Waals surface area contributed by atoms with Gasteiger partial charge in [0.2, 0.25) is 5.90 Å². The van der Waals surface area contributed by atoms with Crippen LogP contribution in [0.4, 0.5) is 0 Å². The Kier molecular flexibility index (Phi) is 5.95. The molecule has 0 fully saturated rings. The third kappa shape index (κ3) is 4.73. The van der Waals surface area contributed by atoms with Crippen LogP contribution in [0.15, 0.2) is 88.0 Å². The number of esters is 2. The van der Waals surface area contributed by atoms with Gasteiger partial charge in [0.1, 0.15) is 11.5 Å². The Labute approximate surface area is 186 Å². The number of nitrogens with zero attached hydrogens (tertiary/aromatic N) is 1. The number of hydrogen-bond acceptors (Lipinski definition) is 6. The molecule has 7 heteroatoms. The highest BCUT2D eigenvalue weighted by Gasteiger charge is 2.25. The first-order chi connectivity index (χ1) is 15.0. The zero-order chi connectivity index (χ0) is 21.8. The van der Waals surface area contributed by atoms with Crippen molar-refractivity contribution in [1.82, 2.24) is 0 Å². The monoisotopic (exact) mass is 477 g/mol. The van der Waals surface area contributed by atoms with Crippen LogP contribution >= 0.6 is 15.9 Å². The Bertz CT molecular complexity index is 1220. The lowest BCUT2D eigenvalue weighted by Gasteiger charge is -2.08. The van der Waals surface area contributed by atoms with E-state index in [2.05, 4.69) is 20.9 Å². The van der Waals surface area contributed by atoms with Gasteiger partial charge in [-0.3, -0.25) is 0 Å². The summed E-state index contributed by atoms with van der Waals surface area (Å²) in [6.45, 7) is 0. The van der Waals surface area contributed by atoms with Gasteiger partial charge < -0.3 is 14.2 Å². The predicted octanol–water partition coefficient (Wildman–Crippen LogP) is 5.02. The number of methoxy groups -OCH3 is 1. The van der Waals surface area contributed by atoms with Crippen molar-refractivity contribution in [3.63, 3.8) is 0 Å². The highest BCUT2D eigenvalue weighted by molar-refractivity contribution is 9.10. The number of carbonyl (C=O) groups excluding carboxylic acids is 2. The summed E-state index contributed by atoms with van der Waals surface area (Å²) in [5.41, 5.74) is 1.62. The van der Waals surface area contributed by atoms with Crippen molar-refractivity contribution in [2.24, 2.45) is 4.99 Å². The Hall–Kier alpha value is -3.71. The molecule has 6 nitrogen and oxygen atoms in total. The van der Waals surface area contributed by atoms with Crippen molar-refractivity contribution >= 4 is 39.8 Å². The first-order valence-electron chi connectivity index (χ1n) is 9.27. The molecule has 0 bridgehead atoms. The van der Waals surface area contributed by atoms with Gasteiger partial charge in [0.05, 0.1) is 12.7 Å². The Morgan fingerprint density at radius 3 is 2.61 bits per heavy atom. The average molecular weight is 478 g/mol. The summed E-state index contributed by atoms with van der Waals surface area (Å²) in [5, 5.41) is 0. The van der Waals surface area contributed by atoms with E-state index >= 15 is 0 Å². The maximum atomic E-state index is 12.5. The number of halogens is 1. The molecule has 0 aliphatic carbocycles. The van der Waals surface area contributed by atoms with Crippen LogP contribution in [-0.2, 0) is 9.53 Å². The lowest BCUT2D eigenvalue weighted by Crippen LogP contribution is -2.09. The van der Waals surface area contributed by atoms with Gasteiger partial charge in [-0.25, -0.2) is 14.6 Å². The van der Waals surface area contributed by atoms with Crippen molar-refractivity contribution in [3.05, 3.63) is 99.7 Å². The van der Waals surface area contributed by atoms with E-state index in [1.165, 1.54) is 6.08 Å². The van der Waals surface area contributed by atoms with Crippen LogP contribution in [0.5, 0.6) is 11.5 Å². The van der Waals surface area contributed by atoms with Gasteiger partial charge in [-0.1, -0.05) is 40.2 Å². The second-order valence-corrected chi connectivity index (χ2v) is 7.42. The molecule has 1 aliphatic heterocycles. The molecule has 0 amide bonds. The minimum Gasteiger partial charge on any atom is -0.497 e. The maximum Gasteiger partial charge on any atom is 0.363 e. The minimum absolute atomic E-state index is 0.0907. The van der Waals surface area contributed by atoms with E-state index in [1.807, 2.05) is 6.07 Å². The van der Waals surface area contributed by atoms with Crippen LogP contribution in [0.2, 0.25) is 0 Å². The van der Waals surface area contributed by atoms with Gasteiger partial charge in [-0.15, -0.1) is 0 Å². The van der Waals surface area contributed by atoms with Crippen molar-refractivity contribution in [2.45, 2.75) is 0 Å². The highest BCUT2D eigenvalue weighted by atomic mass is 79.9. The summed E-state index contributed by atoms with van der Waals surface area (Å²) in [7, 11) is 1.55. The van der Waals surface area contributed by atoms with Gasteiger partial charge in [0.15, 0.2) is 5.70 Å². The standard InChI is InChI=1S/C24H16BrNO5/c1-29-19-9-5-8-16(13-19)22-26-20(24(28)31-22)14-17-12-18(25)10-11-21(17)30-23(27)15-6-3-2-4-7-15/h2-14H,1H3/b20-14-. The second-order valence-electron chi connectivity index (χ2n) is 6.51. The number of cyclic esters (lactones) is 1. The second kappa shape index (κ2) is 8.97. The maximum absolute atomic E-state index is 12.5. The zero-order valence-corrected chi connectivity index (χ0v) is 18.0. The summed E-state index contributed by atoms with van der Waals surface area (Å²) < 4.78 is 16.8. The molecule has 3 aromatic carbocycles. The third-order valence-corrected chi connectivity index (χ3v) is 4.91.